The number of ether oxygens (including phenoxy) is 1. The average Bonchev–Trinajstić information content (AvgIpc) is 2.38. The molecule has 1 saturated heterocycles. The van der Waals surface area contributed by atoms with Gasteiger partial charge in [0.15, 0.2) is 0 Å². The molecule has 0 aromatic heterocycles. The second kappa shape index (κ2) is 6.18. The number of hydrogen-bond acceptors (Lipinski definition) is 2. The molecule has 1 atom stereocenters. The Labute approximate surface area is 105 Å². The van der Waals surface area contributed by atoms with Crippen LogP contribution in [0.1, 0.15) is 31.9 Å². The normalized spacial score (nSPS) is 21.9. The Balaban J connectivity index is 1.89. The van der Waals surface area contributed by atoms with Crippen molar-refractivity contribution in [1.29, 1.82) is 0 Å². The highest BCUT2D eigenvalue weighted by molar-refractivity contribution is 5.18. The predicted molar refractivity (Wildman–Crippen MR) is 71.0 cm³/mol. The van der Waals surface area contributed by atoms with Gasteiger partial charge in [-0.1, -0.05) is 44.2 Å². The maximum absolute atomic E-state index is 5.86. The van der Waals surface area contributed by atoms with E-state index in [1.54, 1.807) is 0 Å². The topological polar surface area (TPSA) is 12.5 Å². The molecular formula is C15H23NO. The van der Waals surface area contributed by atoms with E-state index in [2.05, 4.69) is 49.1 Å². The highest BCUT2D eigenvalue weighted by Gasteiger charge is 2.21. The molecule has 1 aromatic rings. The third kappa shape index (κ3) is 3.83. The van der Waals surface area contributed by atoms with Crippen LogP contribution in [0.3, 0.4) is 0 Å². The standard InChI is InChI=1S/C15H23NO/c1-13(2)8-9-16-10-11-17-15(12-16)14-6-4-3-5-7-14/h3-7,13,15H,8-12H2,1-2H3. The lowest BCUT2D eigenvalue weighted by atomic mass is 10.1. The van der Waals surface area contributed by atoms with Crippen molar-refractivity contribution < 1.29 is 4.74 Å². The lowest BCUT2D eigenvalue weighted by Crippen LogP contribution is -2.39. The van der Waals surface area contributed by atoms with Crippen LogP contribution in [-0.2, 0) is 4.74 Å². The van der Waals surface area contributed by atoms with Crippen molar-refractivity contribution in [3.05, 3.63) is 35.9 Å². The Bertz CT molecular complexity index is 323. The molecule has 1 unspecified atom stereocenters. The summed E-state index contributed by atoms with van der Waals surface area (Å²) in [6, 6.07) is 10.6. The quantitative estimate of drug-likeness (QED) is 0.792. The maximum atomic E-state index is 5.86. The minimum absolute atomic E-state index is 0.261. The summed E-state index contributed by atoms with van der Waals surface area (Å²) in [5.74, 6) is 0.785. The van der Waals surface area contributed by atoms with Gasteiger partial charge in [-0.15, -0.1) is 0 Å². The van der Waals surface area contributed by atoms with E-state index in [4.69, 9.17) is 4.74 Å². The van der Waals surface area contributed by atoms with Crippen LogP contribution < -0.4 is 0 Å². The Morgan fingerprint density at radius 2 is 2.06 bits per heavy atom. The highest BCUT2D eigenvalue weighted by atomic mass is 16.5. The first-order valence-electron chi connectivity index (χ1n) is 6.64. The van der Waals surface area contributed by atoms with Crippen molar-refractivity contribution in [3.63, 3.8) is 0 Å². The van der Waals surface area contributed by atoms with E-state index in [1.165, 1.54) is 18.5 Å². The van der Waals surface area contributed by atoms with E-state index in [1.807, 2.05) is 0 Å². The van der Waals surface area contributed by atoms with Crippen LogP contribution in [0.25, 0.3) is 0 Å². The van der Waals surface area contributed by atoms with Crippen molar-refractivity contribution in [2.24, 2.45) is 5.92 Å². The molecule has 1 aliphatic rings. The summed E-state index contributed by atoms with van der Waals surface area (Å²) in [4.78, 5) is 2.53. The number of rotatable bonds is 4. The molecule has 0 radical (unpaired) electrons. The van der Waals surface area contributed by atoms with Gasteiger partial charge in [-0.3, -0.25) is 4.90 Å². The molecule has 1 heterocycles. The minimum Gasteiger partial charge on any atom is -0.371 e. The van der Waals surface area contributed by atoms with Crippen LogP contribution in [0, 0.1) is 5.92 Å². The molecule has 2 nitrogen and oxygen atoms in total. The van der Waals surface area contributed by atoms with Gasteiger partial charge in [0.2, 0.25) is 0 Å². The third-order valence-corrected chi connectivity index (χ3v) is 3.34. The Kier molecular flexibility index (Phi) is 4.57. The number of hydrogen-bond donors (Lipinski definition) is 0. The minimum atomic E-state index is 0.261. The molecular weight excluding hydrogens is 210 g/mol. The monoisotopic (exact) mass is 233 g/mol. The van der Waals surface area contributed by atoms with Crippen LogP contribution in [0.5, 0.6) is 0 Å². The summed E-state index contributed by atoms with van der Waals surface area (Å²) in [5, 5.41) is 0. The second-order valence-electron chi connectivity index (χ2n) is 5.25. The molecule has 0 bridgehead atoms. The predicted octanol–water partition coefficient (Wildman–Crippen LogP) is 3.11. The SMILES string of the molecule is CC(C)CCN1CCOC(c2ccccc2)C1. The number of nitrogens with zero attached hydrogens (tertiary/aromatic N) is 1. The molecule has 1 aromatic carbocycles. The van der Waals surface area contributed by atoms with Gasteiger partial charge in [0.1, 0.15) is 0 Å². The van der Waals surface area contributed by atoms with Crippen LogP contribution in [0.4, 0.5) is 0 Å². The molecule has 0 N–H and O–H groups in total. The smallest absolute Gasteiger partial charge is 0.0952 e. The summed E-state index contributed by atoms with van der Waals surface area (Å²) in [6.07, 6.45) is 1.54. The first-order chi connectivity index (χ1) is 8.25. The lowest BCUT2D eigenvalue weighted by molar-refractivity contribution is -0.0310. The van der Waals surface area contributed by atoms with E-state index >= 15 is 0 Å². The third-order valence-electron chi connectivity index (χ3n) is 3.34. The molecule has 1 aliphatic heterocycles. The van der Waals surface area contributed by atoms with Gasteiger partial charge in [-0.25, -0.2) is 0 Å². The van der Waals surface area contributed by atoms with Gasteiger partial charge in [-0.2, -0.15) is 0 Å². The zero-order chi connectivity index (χ0) is 12.1. The zero-order valence-corrected chi connectivity index (χ0v) is 10.9. The van der Waals surface area contributed by atoms with Crippen LogP contribution in [0.15, 0.2) is 30.3 Å². The van der Waals surface area contributed by atoms with E-state index in [0.29, 0.717) is 0 Å². The highest BCUT2D eigenvalue weighted by Crippen LogP contribution is 2.22. The fraction of sp³-hybridized carbons (Fsp3) is 0.600. The van der Waals surface area contributed by atoms with Crippen LogP contribution in [-0.4, -0.2) is 31.1 Å². The molecule has 2 heteroatoms. The second-order valence-corrected chi connectivity index (χ2v) is 5.25. The number of benzene rings is 1. The molecule has 1 fully saturated rings. The van der Waals surface area contributed by atoms with Crippen molar-refractivity contribution >= 4 is 0 Å². The fourth-order valence-corrected chi connectivity index (χ4v) is 2.22. The Hall–Kier alpha value is -0.860. The van der Waals surface area contributed by atoms with Gasteiger partial charge in [0.25, 0.3) is 0 Å². The van der Waals surface area contributed by atoms with E-state index < -0.39 is 0 Å². The molecule has 2 rings (SSSR count). The van der Waals surface area contributed by atoms with Crippen LogP contribution >= 0.6 is 0 Å². The molecule has 0 spiro atoms. The summed E-state index contributed by atoms with van der Waals surface area (Å²) < 4.78 is 5.86. The van der Waals surface area contributed by atoms with Crippen LogP contribution in [0.2, 0.25) is 0 Å². The van der Waals surface area contributed by atoms with E-state index in [9.17, 15) is 0 Å². The van der Waals surface area contributed by atoms with Crippen molar-refractivity contribution in [3.8, 4) is 0 Å². The summed E-state index contributed by atoms with van der Waals surface area (Å²) >= 11 is 0. The summed E-state index contributed by atoms with van der Waals surface area (Å²) in [7, 11) is 0. The van der Waals surface area contributed by atoms with Crippen molar-refractivity contribution in [1.82, 2.24) is 4.90 Å². The van der Waals surface area contributed by atoms with E-state index in [0.717, 1.165) is 25.6 Å². The fourth-order valence-electron chi connectivity index (χ4n) is 2.22. The molecule has 17 heavy (non-hydrogen) atoms. The lowest BCUT2D eigenvalue weighted by Gasteiger charge is -2.33. The van der Waals surface area contributed by atoms with Gasteiger partial charge in [-0.05, 0) is 24.4 Å². The summed E-state index contributed by atoms with van der Waals surface area (Å²) in [5.41, 5.74) is 1.31. The zero-order valence-electron chi connectivity index (χ0n) is 10.9. The Morgan fingerprint density at radius 3 is 2.76 bits per heavy atom. The van der Waals surface area contributed by atoms with Gasteiger partial charge in [0, 0.05) is 13.1 Å². The first kappa shape index (κ1) is 12.6. The van der Waals surface area contributed by atoms with Crippen molar-refractivity contribution in [2.45, 2.75) is 26.4 Å². The van der Waals surface area contributed by atoms with E-state index in [-0.39, 0.29) is 6.10 Å². The molecule has 0 aliphatic carbocycles. The molecule has 0 amide bonds. The molecule has 0 saturated carbocycles. The van der Waals surface area contributed by atoms with Crippen molar-refractivity contribution in [2.75, 3.05) is 26.2 Å². The summed E-state index contributed by atoms with van der Waals surface area (Å²) in [6.45, 7) is 8.75. The van der Waals surface area contributed by atoms with Gasteiger partial charge in [0.05, 0.1) is 12.7 Å². The maximum Gasteiger partial charge on any atom is 0.0952 e. The first-order valence-corrected chi connectivity index (χ1v) is 6.64. The number of morpholine rings is 1. The Morgan fingerprint density at radius 1 is 1.29 bits per heavy atom. The van der Waals surface area contributed by atoms with Gasteiger partial charge < -0.3 is 4.74 Å². The van der Waals surface area contributed by atoms with Gasteiger partial charge >= 0.3 is 0 Å². The average molecular weight is 233 g/mol. The molecule has 94 valence electrons. The largest absolute Gasteiger partial charge is 0.371 e.